The molecule has 0 radical (unpaired) electrons. The van der Waals surface area contributed by atoms with Crippen LogP contribution in [-0.2, 0) is 19.6 Å². The van der Waals surface area contributed by atoms with Gasteiger partial charge in [0.05, 0.1) is 13.7 Å². The van der Waals surface area contributed by atoms with Crippen molar-refractivity contribution >= 4 is 21.6 Å². The number of carbonyl (C=O) groups excluding carboxylic acids is 1. The van der Waals surface area contributed by atoms with Crippen LogP contribution in [-0.4, -0.2) is 58.7 Å². The number of nitrogens with zero attached hydrogens (tertiary/aromatic N) is 1. The van der Waals surface area contributed by atoms with E-state index >= 15 is 0 Å². The molecule has 0 bridgehead atoms. The molecule has 9 heteroatoms. The lowest BCUT2D eigenvalue weighted by Crippen LogP contribution is -2.35. The minimum absolute atomic E-state index is 0.0480. The van der Waals surface area contributed by atoms with E-state index in [4.69, 9.17) is 14.2 Å². The molecule has 0 spiro atoms. The largest absolute Gasteiger partial charge is 0.495 e. The highest BCUT2D eigenvalue weighted by Crippen LogP contribution is 2.31. The molecule has 0 aromatic heterocycles. The first-order chi connectivity index (χ1) is 15.0. The molecule has 31 heavy (non-hydrogen) atoms. The molecular weight excluding hydrogens is 420 g/mol. The summed E-state index contributed by atoms with van der Waals surface area (Å²) in [5.41, 5.74) is 0.366. The van der Waals surface area contributed by atoms with Crippen LogP contribution in [0.3, 0.4) is 0 Å². The van der Waals surface area contributed by atoms with E-state index in [1.54, 1.807) is 12.1 Å². The summed E-state index contributed by atoms with van der Waals surface area (Å²) < 4.78 is 43.7. The van der Waals surface area contributed by atoms with Crippen LogP contribution in [0, 0.1) is 0 Å². The van der Waals surface area contributed by atoms with Crippen molar-refractivity contribution in [3.63, 3.8) is 0 Å². The molecule has 8 nitrogen and oxygen atoms in total. The van der Waals surface area contributed by atoms with Crippen molar-refractivity contribution in [1.29, 1.82) is 0 Å². The van der Waals surface area contributed by atoms with Gasteiger partial charge in [0.2, 0.25) is 15.9 Å². The summed E-state index contributed by atoms with van der Waals surface area (Å²) in [5, 5.41) is 2.67. The number of hydrogen-bond acceptors (Lipinski definition) is 6. The minimum Gasteiger partial charge on any atom is -0.495 e. The number of methoxy groups -OCH3 is 1. The summed E-state index contributed by atoms with van der Waals surface area (Å²) in [6, 6.07) is 13.9. The second-order valence-electron chi connectivity index (χ2n) is 7.09. The van der Waals surface area contributed by atoms with E-state index in [1.807, 2.05) is 30.3 Å². The fraction of sp³-hybridized carbons (Fsp3) is 0.409. The number of carbonyl (C=O) groups is 1. The van der Waals surface area contributed by atoms with Crippen molar-refractivity contribution in [3.05, 3.63) is 48.5 Å². The maximum atomic E-state index is 13.1. The first-order valence-electron chi connectivity index (χ1n) is 10.2. The topological polar surface area (TPSA) is 94.2 Å². The van der Waals surface area contributed by atoms with Gasteiger partial charge < -0.3 is 19.5 Å². The number of benzene rings is 2. The lowest BCUT2D eigenvalue weighted by atomic mass is 10.2. The normalized spacial score (nSPS) is 14.7. The molecule has 1 aliphatic rings. The smallest absolute Gasteiger partial charge is 0.250 e. The molecular formula is C22H28N2O6S. The number of hydrogen-bond donors (Lipinski definition) is 1. The second-order valence-corrected chi connectivity index (χ2v) is 9.00. The van der Waals surface area contributed by atoms with Crippen molar-refractivity contribution in [2.45, 2.75) is 24.2 Å². The maximum absolute atomic E-state index is 13.1. The molecule has 0 saturated carbocycles. The molecule has 1 aliphatic heterocycles. The Bertz CT molecular complexity index is 959. The minimum atomic E-state index is -3.70. The highest BCUT2D eigenvalue weighted by molar-refractivity contribution is 7.89. The van der Waals surface area contributed by atoms with Crippen molar-refractivity contribution in [3.8, 4) is 11.5 Å². The van der Waals surface area contributed by atoms with Gasteiger partial charge >= 0.3 is 0 Å². The standard InChI is InChI=1S/C22H28N2O6S/c1-28-20-11-10-18(16-21(20)31(26,27)24-12-6-3-7-13-24)23-22(25)17-29-14-15-30-19-8-4-2-5-9-19/h2,4-5,8-11,16H,3,6-7,12-15,17H2,1H3,(H,23,25). The van der Waals surface area contributed by atoms with E-state index in [2.05, 4.69) is 5.32 Å². The first kappa shape index (κ1) is 23.1. The van der Waals surface area contributed by atoms with Gasteiger partial charge in [0, 0.05) is 18.8 Å². The van der Waals surface area contributed by atoms with Gasteiger partial charge in [0.15, 0.2) is 0 Å². The second kappa shape index (κ2) is 11.1. The van der Waals surface area contributed by atoms with Crippen LogP contribution in [0.2, 0.25) is 0 Å². The van der Waals surface area contributed by atoms with Gasteiger partial charge in [0.1, 0.15) is 29.6 Å². The lowest BCUT2D eigenvalue weighted by Gasteiger charge is -2.26. The zero-order valence-corrected chi connectivity index (χ0v) is 18.4. The number of rotatable bonds is 10. The Labute approximate surface area is 183 Å². The number of amides is 1. The Morgan fingerprint density at radius 3 is 2.48 bits per heavy atom. The molecule has 168 valence electrons. The van der Waals surface area contributed by atoms with E-state index in [0.29, 0.717) is 25.4 Å². The molecule has 0 atom stereocenters. The van der Waals surface area contributed by atoms with Crippen molar-refractivity contribution in [1.82, 2.24) is 4.31 Å². The predicted molar refractivity (Wildman–Crippen MR) is 117 cm³/mol. The zero-order chi connectivity index (χ0) is 22.1. The van der Waals surface area contributed by atoms with Gasteiger partial charge in [-0.3, -0.25) is 4.79 Å². The highest BCUT2D eigenvalue weighted by Gasteiger charge is 2.29. The molecule has 1 amide bonds. The summed E-state index contributed by atoms with van der Waals surface area (Å²) in [6.45, 7) is 1.37. The van der Waals surface area contributed by atoms with Gasteiger partial charge in [-0.05, 0) is 43.2 Å². The third-order valence-electron chi connectivity index (χ3n) is 4.85. The quantitative estimate of drug-likeness (QED) is 0.562. The van der Waals surface area contributed by atoms with Crippen LogP contribution in [0.5, 0.6) is 11.5 Å². The Morgan fingerprint density at radius 1 is 1.03 bits per heavy atom. The average molecular weight is 449 g/mol. The number of sulfonamides is 1. The predicted octanol–water partition coefficient (Wildman–Crippen LogP) is 2.90. The maximum Gasteiger partial charge on any atom is 0.250 e. The molecule has 1 N–H and O–H groups in total. The highest BCUT2D eigenvalue weighted by atomic mass is 32.2. The van der Waals surface area contributed by atoms with E-state index in [9.17, 15) is 13.2 Å². The van der Waals surface area contributed by atoms with Crippen molar-refractivity contribution in [2.24, 2.45) is 0 Å². The van der Waals surface area contributed by atoms with Crippen molar-refractivity contribution < 1.29 is 27.4 Å². The summed E-state index contributed by atoms with van der Waals surface area (Å²) in [6.07, 6.45) is 2.70. The van der Waals surface area contributed by atoms with Gasteiger partial charge in [-0.25, -0.2) is 8.42 Å². The molecule has 0 unspecified atom stereocenters. The van der Waals surface area contributed by atoms with Crippen LogP contribution in [0.25, 0.3) is 0 Å². The van der Waals surface area contributed by atoms with E-state index in [-0.39, 0.29) is 29.8 Å². The van der Waals surface area contributed by atoms with E-state index in [1.165, 1.54) is 17.5 Å². The molecule has 2 aromatic rings. The number of para-hydroxylation sites is 1. The Hall–Kier alpha value is -2.62. The van der Waals surface area contributed by atoms with Gasteiger partial charge in [-0.15, -0.1) is 0 Å². The molecule has 1 fully saturated rings. The van der Waals surface area contributed by atoms with Crippen LogP contribution < -0.4 is 14.8 Å². The third-order valence-corrected chi connectivity index (χ3v) is 6.77. The van der Waals surface area contributed by atoms with Crippen LogP contribution in [0.1, 0.15) is 19.3 Å². The van der Waals surface area contributed by atoms with E-state index < -0.39 is 10.0 Å². The molecule has 1 saturated heterocycles. The lowest BCUT2D eigenvalue weighted by molar-refractivity contribution is -0.120. The molecule has 2 aromatic carbocycles. The first-order valence-corrected chi connectivity index (χ1v) is 11.7. The summed E-state index contributed by atoms with van der Waals surface area (Å²) >= 11 is 0. The summed E-state index contributed by atoms with van der Waals surface area (Å²) in [7, 11) is -2.28. The van der Waals surface area contributed by atoms with Gasteiger partial charge in [0.25, 0.3) is 0 Å². The number of anilines is 1. The fourth-order valence-corrected chi connectivity index (χ4v) is 5.00. The van der Waals surface area contributed by atoms with Crippen LogP contribution in [0.15, 0.2) is 53.4 Å². The number of ether oxygens (including phenoxy) is 3. The average Bonchev–Trinajstić information content (AvgIpc) is 2.80. The molecule has 3 rings (SSSR count). The van der Waals surface area contributed by atoms with Crippen molar-refractivity contribution in [2.75, 3.05) is 45.3 Å². The van der Waals surface area contributed by atoms with E-state index in [0.717, 1.165) is 25.0 Å². The monoisotopic (exact) mass is 448 g/mol. The van der Waals surface area contributed by atoms with Gasteiger partial charge in [-0.1, -0.05) is 24.6 Å². The molecule has 0 aliphatic carbocycles. The van der Waals surface area contributed by atoms with Crippen LogP contribution in [0.4, 0.5) is 5.69 Å². The fourth-order valence-electron chi connectivity index (χ4n) is 3.30. The Morgan fingerprint density at radius 2 is 1.77 bits per heavy atom. The summed E-state index contributed by atoms with van der Waals surface area (Å²) in [4.78, 5) is 12.2. The third kappa shape index (κ3) is 6.43. The molecule has 1 heterocycles. The summed E-state index contributed by atoms with van der Waals surface area (Å²) in [5.74, 6) is 0.598. The number of nitrogens with one attached hydrogen (secondary N) is 1. The van der Waals surface area contributed by atoms with Gasteiger partial charge in [-0.2, -0.15) is 4.31 Å². The van der Waals surface area contributed by atoms with Crippen LogP contribution >= 0.6 is 0 Å². The Kier molecular flexibility index (Phi) is 8.27. The number of piperidine rings is 1. The Balaban J connectivity index is 1.55. The SMILES string of the molecule is COc1ccc(NC(=O)COCCOc2ccccc2)cc1S(=O)(=O)N1CCCCC1. The zero-order valence-electron chi connectivity index (χ0n) is 17.6.